The molecule has 1 rings (SSSR count). The summed E-state index contributed by atoms with van der Waals surface area (Å²) in [6, 6.07) is 0.897. The third-order valence-electron chi connectivity index (χ3n) is 3.82. The van der Waals surface area contributed by atoms with Crippen molar-refractivity contribution < 1.29 is 0 Å². The normalized spacial score (nSPS) is 21.5. The Labute approximate surface area is 108 Å². The number of hydrogen-bond donors (Lipinski definition) is 1. The molecule has 0 bridgehead atoms. The van der Waals surface area contributed by atoms with Gasteiger partial charge in [-0.15, -0.1) is 0 Å². The molecule has 1 aliphatic rings. The smallest absolute Gasteiger partial charge is 0.00931 e. The molecule has 1 fully saturated rings. The van der Waals surface area contributed by atoms with Crippen LogP contribution in [-0.4, -0.2) is 37.1 Å². The molecule has 17 heavy (non-hydrogen) atoms. The predicted octanol–water partition coefficient (Wildman–Crippen LogP) is 3.28. The molecular weight excluding hydrogens is 208 g/mol. The van der Waals surface area contributed by atoms with Crippen LogP contribution in [0.5, 0.6) is 0 Å². The summed E-state index contributed by atoms with van der Waals surface area (Å²) in [6.07, 6.45) is 8.33. The van der Waals surface area contributed by atoms with E-state index in [1.165, 1.54) is 64.7 Å². The first-order valence-electron chi connectivity index (χ1n) is 7.68. The van der Waals surface area contributed by atoms with Crippen molar-refractivity contribution in [2.24, 2.45) is 5.92 Å². The molecule has 0 spiro atoms. The molecule has 0 saturated carbocycles. The van der Waals surface area contributed by atoms with Crippen molar-refractivity contribution in [1.29, 1.82) is 0 Å². The number of hydrogen-bond acceptors (Lipinski definition) is 2. The summed E-state index contributed by atoms with van der Waals surface area (Å²) >= 11 is 0. The first kappa shape index (κ1) is 15.0. The van der Waals surface area contributed by atoms with E-state index in [1.807, 2.05) is 0 Å². The van der Waals surface area contributed by atoms with Gasteiger partial charge in [-0.05, 0) is 64.2 Å². The van der Waals surface area contributed by atoms with Gasteiger partial charge in [-0.1, -0.05) is 27.2 Å². The Balaban J connectivity index is 1.90. The van der Waals surface area contributed by atoms with Gasteiger partial charge < -0.3 is 10.2 Å². The number of rotatable bonds is 9. The molecule has 1 saturated heterocycles. The summed E-state index contributed by atoms with van der Waals surface area (Å²) in [6.45, 7) is 11.9. The molecular formula is C15H32N2. The summed E-state index contributed by atoms with van der Waals surface area (Å²) in [5.74, 6) is 0.782. The van der Waals surface area contributed by atoms with Gasteiger partial charge in [0, 0.05) is 6.04 Å². The number of nitrogens with zero attached hydrogens (tertiary/aromatic N) is 1. The molecule has 1 heterocycles. The highest BCUT2D eigenvalue weighted by atomic mass is 15.2. The van der Waals surface area contributed by atoms with Crippen LogP contribution in [0, 0.1) is 5.92 Å². The van der Waals surface area contributed by atoms with Crippen molar-refractivity contribution >= 4 is 0 Å². The van der Waals surface area contributed by atoms with Crippen LogP contribution >= 0.6 is 0 Å². The van der Waals surface area contributed by atoms with E-state index in [4.69, 9.17) is 0 Å². The van der Waals surface area contributed by atoms with Gasteiger partial charge in [0.05, 0.1) is 0 Å². The Morgan fingerprint density at radius 2 is 2.06 bits per heavy atom. The Morgan fingerprint density at radius 3 is 2.76 bits per heavy atom. The van der Waals surface area contributed by atoms with E-state index in [9.17, 15) is 0 Å². The zero-order chi connectivity index (χ0) is 12.5. The maximum atomic E-state index is 3.52. The fraction of sp³-hybridized carbons (Fsp3) is 1.00. The van der Waals surface area contributed by atoms with Crippen molar-refractivity contribution in [2.75, 3.05) is 26.2 Å². The Kier molecular flexibility index (Phi) is 7.87. The van der Waals surface area contributed by atoms with Crippen molar-refractivity contribution in [3.05, 3.63) is 0 Å². The van der Waals surface area contributed by atoms with Gasteiger partial charge in [-0.3, -0.25) is 0 Å². The average molecular weight is 240 g/mol. The molecule has 0 aliphatic carbocycles. The first-order valence-corrected chi connectivity index (χ1v) is 7.68. The summed E-state index contributed by atoms with van der Waals surface area (Å²) in [5.41, 5.74) is 0. The van der Waals surface area contributed by atoms with Crippen molar-refractivity contribution in [1.82, 2.24) is 10.2 Å². The van der Waals surface area contributed by atoms with Gasteiger partial charge in [-0.2, -0.15) is 0 Å². The lowest BCUT2D eigenvalue weighted by Gasteiger charge is -2.23. The van der Waals surface area contributed by atoms with Crippen LogP contribution < -0.4 is 5.32 Å². The van der Waals surface area contributed by atoms with E-state index in [0.717, 1.165) is 12.0 Å². The summed E-state index contributed by atoms with van der Waals surface area (Å²) in [7, 11) is 0. The third kappa shape index (κ3) is 6.42. The second-order valence-electron chi connectivity index (χ2n) is 5.90. The van der Waals surface area contributed by atoms with Gasteiger partial charge in [0.15, 0.2) is 0 Å². The second kappa shape index (κ2) is 8.93. The monoisotopic (exact) mass is 240 g/mol. The summed E-state index contributed by atoms with van der Waals surface area (Å²) in [5, 5.41) is 3.52. The average Bonchev–Trinajstić information content (AvgIpc) is 2.74. The van der Waals surface area contributed by atoms with Crippen LogP contribution in [0.2, 0.25) is 0 Å². The first-order chi connectivity index (χ1) is 8.24. The van der Waals surface area contributed by atoms with Gasteiger partial charge >= 0.3 is 0 Å². The fourth-order valence-corrected chi connectivity index (χ4v) is 2.78. The maximum absolute atomic E-state index is 3.52. The number of unbranched alkanes of at least 4 members (excludes halogenated alkanes) is 2. The lowest BCUT2D eigenvalue weighted by molar-refractivity contribution is 0.243. The molecule has 0 amide bonds. The number of nitrogens with one attached hydrogen (secondary N) is 1. The van der Waals surface area contributed by atoms with E-state index < -0.39 is 0 Å². The highest BCUT2D eigenvalue weighted by molar-refractivity contribution is 4.77. The van der Waals surface area contributed by atoms with Crippen molar-refractivity contribution in [3.63, 3.8) is 0 Å². The number of likely N-dealkylation sites (tertiary alicyclic amines) is 1. The van der Waals surface area contributed by atoms with E-state index in [2.05, 4.69) is 31.0 Å². The van der Waals surface area contributed by atoms with Crippen LogP contribution in [0.1, 0.15) is 59.3 Å². The summed E-state index contributed by atoms with van der Waals surface area (Å²) in [4.78, 5) is 2.71. The highest BCUT2D eigenvalue weighted by Crippen LogP contribution is 2.20. The topological polar surface area (TPSA) is 15.3 Å². The van der Waals surface area contributed by atoms with Gasteiger partial charge in [0.25, 0.3) is 0 Å². The SMILES string of the molecule is CCC1CCCN1CCCCCNCC(C)C. The molecule has 0 radical (unpaired) electrons. The van der Waals surface area contributed by atoms with Crippen molar-refractivity contribution in [2.45, 2.75) is 65.3 Å². The molecule has 1 unspecified atom stereocenters. The fourth-order valence-electron chi connectivity index (χ4n) is 2.78. The minimum Gasteiger partial charge on any atom is -0.316 e. The van der Waals surface area contributed by atoms with E-state index in [0.29, 0.717) is 0 Å². The van der Waals surface area contributed by atoms with Crippen LogP contribution in [0.4, 0.5) is 0 Å². The second-order valence-corrected chi connectivity index (χ2v) is 5.90. The predicted molar refractivity (Wildman–Crippen MR) is 76.4 cm³/mol. The molecule has 0 aromatic heterocycles. The molecule has 1 atom stereocenters. The largest absolute Gasteiger partial charge is 0.316 e. The zero-order valence-electron chi connectivity index (χ0n) is 12.2. The Hall–Kier alpha value is -0.0800. The standard InChI is InChI=1S/C15H32N2/c1-4-15-9-8-12-17(15)11-7-5-6-10-16-13-14(2)3/h14-16H,4-13H2,1-3H3. The van der Waals surface area contributed by atoms with Crippen molar-refractivity contribution in [3.8, 4) is 0 Å². The van der Waals surface area contributed by atoms with Crippen LogP contribution in [0.3, 0.4) is 0 Å². The highest BCUT2D eigenvalue weighted by Gasteiger charge is 2.21. The molecule has 0 aromatic rings. The molecule has 102 valence electrons. The molecule has 2 heteroatoms. The minimum absolute atomic E-state index is 0.782. The van der Waals surface area contributed by atoms with Gasteiger partial charge in [0.2, 0.25) is 0 Å². The molecule has 1 N–H and O–H groups in total. The summed E-state index contributed by atoms with van der Waals surface area (Å²) < 4.78 is 0. The van der Waals surface area contributed by atoms with Gasteiger partial charge in [-0.25, -0.2) is 0 Å². The Morgan fingerprint density at radius 1 is 1.24 bits per heavy atom. The van der Waals surface area contributed by atoms with Crippen LogP contribution in [0.15, 0.2) is 0 Å². The van der Waals surface area contributed by atoms with Gasteiger partial charge in [0.1, 0.15) is 0 Å². The Bertz CT molecular complexity index is 180. The lowest BCUT2D eigenvalue weighted by atomic mass is 10.1. The molecule has 1 aliphatic heterocycles. The van der Waals surface area contributed by atoms with E-state index in [-0.39, 0.29) is 0 Å². The van der Waals surface area contributed by atoms with Crippen LogP contribution in [-0.2, 0) is 0 Å². The minimum atomic E-state index is 0.782. The lowest BCUT2D eigenvalue weighted by Crippen LogP contribution is -2.29. The quantitative estimate of drug-likeness (QED) is 0.622. The third-order valence-corrected chi connectivity index (χ3v) is 3.82. The molecule has 0 aromatic carbocycles. The van der Waals surface area contributed by atoms with E-state index >= 15 is 0 Å². The molecule has 2 nitrogen and oxygen atoms in total. The maximum Gasteiger partial charge on any atom is 0.00931 e. The van der Waals surface area contributed by atoms with Crippen LogP contribution in [0.25, 0.3) is 0 Å². The zero-order valence-corrected chi connectivity index (χ0v) is 12.2. The van der Waals surface area contributed by atoms with E-state index in [1.54, 1.807) is 0 Å².